The fourth-order valence-corrected chi connectivity index (χ4v) is 2.89. The summed E-state index contributed by atoms with van der Waals surface area (Å²) in [7, 11) is 2.16. The maximum absolute atomic E-state index is 8.75. The quantitative estimate of drug-likeness (QED) is 0.380. The lowest BCUT2D eigenvalue weighted by atomic mass is 9.94. The van der Waals surface area contributed by atoms with Crippen LogP contribution in [0.3, 0.4) is 0 Å². The highest BCUT2D eigenvalue weighted by Gasteiger charge is 2.18. The molecule has 0 heterocycles. The zero-order chi connectivity index (χ0) is 13.8. The maximum atomic E-state index is 8.75. The normalized spacial score (nSPS) is 17.5. The predicted octanol–water partition coefficient (Wildman–Crippen LogP) is 2.86. The summed E-state index contributed by atoms with van der Waals surface area (Å²) >= 11 is 0. The van der Waals surface area contributed by atoms with Crippen molar-refractivity contribution in [2.45, 2.75) is 45.1 Å². The Morgan fingerprint density at radius 2 is 2.00 bits per heavy atom. The van der Waals surface area contributed by atoms with Crippen LogP contribution in [0.1, 0.15) is 43.2 Å². The van der Waals surface area contributed by atoms with Crippen molar-refractivity contribution in [3.8, 4) is 0 Å². The van der Waals surface area contributed by atoms with Crippen molar-refractivity contribution in [1.29, 1.82) is 0 Å². The number of nitrogens with zero attached hydrogens (tertiary/aromatic N) is 2. The van der Waals surface area contributed by atoms with Gasteiger partial charge in [0.05, 0.1) is 0 Å². The number of hydrogen-bond acceptors (Lipinski definition) is 3. The molecular weight excluding hydrogens is 238 g/mol. The summed E-state index contributed by atoms with van der Waals surface area (Å²) in [6, 6.07) is 6.73. The van der Waals surface area contributed by atoms with Crippen LogP contribution in [-0.4, -0.2) is 24.1 Å². The van der Waals surface area contributed by atoms with Crippen molar-refractivity contribution in [2.24, 2.45) is 10.9 Å². The number of amidine groups is 1. The monoisotopic (exact) mass is 261 g/mol. The van der Waals surface area contributed by atoms with E-state index >= 15 is 0 Å². The average Bonchev–Trinajstić information content (AvgIpc) is 2.46. The van der Waals surface area contributed by atoms with Crippen LogP contribution in [0.25, 0.3) is 0 Å². The van der Waals surface area contributed by atoms with Crippen LogP contribution in [0.4, 0.5) is 5.69 Å². The molecule has 0 aliphatic heterocycles. The number of nitrogens with two attached hydrogens (primary N) is 1. The van der Waals surface area contributed by atoms with E-state index in [1.54, 1.807) is 0 Å². The predicted molar refractivity (Wildman–Crippen MR) is 79.0 cm³/mol. The molecule has 0 bridgehead atoms. The Hall–Kier alpha value is -1.71. The molecule has 0 saturated heterocycles. The van der Waals surface area contributed by atoms with Gasteiger partial charge in [0.25, 0.3) is 0 Å². The van der Waals surface area contributed by atoms with E-state index in [4.69, 9.17) is 10.9 Å². The molecule has 2 rings (SSSR count). The average molecular weight is 261 g/mol. The molecule has 104 valence electrons. The maximum Gasteiger partial charge on any atom is 0.170 e. The molecule has 1 fully saturated rings. The molecule has 1 saturated carbocycles. The zero-order valence-electron chi connectivity index (χ0n) is 11.8. The summed E-state index contributed by atoms with van der Waals surface area (Å²) in [6.07, 6.45) is 6.58. The van der Waals surface area contributed by atoms with Gasteiger partial charge in [-0.3, -0.25) is 0 Å². The number of aryl methyl sites for hydroxylation is 1. The van der Waals surface area contributed by atoms with Crippen LogP contribution in [-0.2, 0) is 0 Å². The molecular formula is C15H23N3O. The van der Waals surface area contributed by atoms with Gasteiger partial charge in [-0.25, -0.2) is 0 Å². The Balaban J connectivity index is 2.19. The van der Waals surface area contributed by atoms with Crippen molar-refractivity contribution >= 4 is 11.5 Å². The van der Waals surface area contributed by atoms with Gasteiger partial charge in [0.1, 0.15) is 0 Å². The first-order valence-electron chi connectivity index (χ1n) is 6.95. The fraction of sp³-hybridized carbons (Fsp3) is 0.533. The molecule has 0 spiro atoms. The van der Waals surface area contributed by atoms with Crippen LogP contribution in [0.15, 0.2) is 23.4 Å². The van der Waals surface area contributed by atoms with Gasteiger partial charge in [0.15, 0.2) is 5.84 Å². The van der Waals surface area contributed by atoms with Crippen LogP contribution >= 0.6 is 0 Å². The Bertz CT molecular complexity index is 464. The molecule has 1 aliphatic carbocycles. The largest absolute Gasteiger partial charge is 0.409 e. The van der Waals surface area contributed by atoms with Gasteiger partial charge in [-0.15, -0.1) is 0 Å². The lowest BCUT2D eigenvalue weighted by Gasteiger charge is -2.33. The summed E-state index contributed by atoms with van der Waals surface area (Å²) in [5.41, 5.74) is 8.69. The van der Waals surface area contributed by atoms with Gasteiger partial charge in [0, 0.05) is 24.3 Å². The van der Waals surface area contributed by atoms with E-state index in [2.05, 4.69) is 29.2 Å². The second-order valence-electron chi connectivity index (χ2n) is 5.39. The standard InChI is InChI=1S/C15H23N3O/c1-11-10-13(8-9-14(11)15(16)17-19)18(2)12-6-4-3-5-7-12/h8-10,12,19H,3-7H2,1-2H3,(H2,16,17). The molecule has 0 radical (unpaired) electrons. The van der Waals surface area contributed by atoms with Crippen molar-refractivity contribution in [3.63, 3.8) is 0 Å². The topological polar surface area (TPSA) is 61.8 Å². The van der Waals surface area contributed by atoms with E-state index in [-0.39, 0.29) is 5.84 Å². The Morgan fingerprint density at radius 3 is 2.58 bits per heavy atom. The van der Waals surface area contributed by atoms with E-state index in [0.717, 1.165) is 11.1 Å². The van der Waals surface area contributed by atoms with Gasteiger partial charge in [-0.2, -0.15) is 0 Å². The minimum absolute atomic E-state index is 0.171. The number of rotatable bonds is 3. The van der Waals surface area contributed by atoms with Gasteiger partial charge < -0.3 is 15.8 Å². The number of oxime groups is 1. The number of benzene rings is 1. The molecule has 0 atom stereocenters. The third-order valence-electron chi connectivity index (χ3n) is 4.12. The smallest absolute Gasteiger partial charge is 0.170 e. The van der Waals surface area contributed by atoms with Crippen molar-refractivity contribution in [1.82, 2.24) is 0 Å². The van der Waals surface area contributed by atoms with E-state index < -0.39 is 0 Å². The van der Waals surface area contributed by atoms with E-state index in [9.17, 15) is 0 Å². The summed E-state index contributed by atoms with van der Waals surface area (Å²) < 4.78 is 0. The van der Waals surface area contributed by atoms with E-state index in [1.807, 2.05) is 13.0 Å². The first-order chi connectivity index (χ1) is 9.13. The number of anilines is 1. The summed E-state index contributed by atoms with van der Waals surface area (Å²) in [5, 5.41) is 11.8. The SMILES string of the molecule is Cc1cc(N(C)C2CCCCC2)ccc1/C(N)=N/O. The molecule has 0 amide bonds. The zero-order valence-corrected chi connectivity index (χ0v) is 11.8. The molecule has 4 nitrogen and oxygen atoms in total. The fourth-order valence-electron chi connectivity index (χ4n) is 2.89. The lowest BCUT2D eigenvalue weighted by Crippen LogP contribution is -2.33. The third kappa shape index (κ3) is 3.00. The second-order valence-corrected chi connectivity index (χ2v) is 5.39. The lowest BCUT2D eigenvalue weighted by molar-refractivity contribution is 0.318. The molecule has 1 aliphatic rings. The highest BCUT2D eigenvalue weighted by Crippen LogP contribution is 2.27. The van der Waals surface area contributed by atoms with Crippen LogP contribution < -0.4 is 10.6 Å². The first-order valence-corrected chi connectivity index (χ1v) is 6.95. The number of hydrogen-bond donors (Lipinski definition) is 2. The second kappa shape index (κ2) is 5.95. The summed E-state index contributed by atoms with van der Waals surface area (Å²) in [6.45, 7) is 1.99. The summed E-state index contributed by atoms with van der Waals surface area (Å²) in [5.74, 6) is 0.171. The molecule has 3 N–H and O–H groups in total. The molecule has 1 aromatic rings. The van der Waals surface area contributed by atoms with Crippen molar-refractivity contribution in [2.75, 3.05) is 11.9 Å². The minimum atomic E-state index is 0.171. The Kier molecular flexibility index (Phi) is 4.30. The van der Waals surface area contributed by atoms with Gasteiger partial charge in [-0.05, 0) is 43.5 Å². The molecule has 4 heteroatoms. The highest BCUT2D eigenvalue weighted by atomic mass is 16.4. The van der Waals surface area contributed by atoms with Gasteiger partial charge in [0.2, 0.25) is 0 Å². The Labute approximate surface area is 114 Å². The minimum Gasteiger partial charge on any atom is -0.409 e. The van der Waals surface area contributed by atoms with Gasteiger partial charge in [-0.1, -0.05) is 24.4 Å². The van der Waals surface area contributed by atoms with Crippen molar-refractivity contribution in [3.05, 3.63) is 29.3 Å². The van der Waals surface area contributed by atoms with E-state index in [0.29, 0.717) is 6.04 Å². The van der Waals surface area contributed by atoms with Crippen molar-refractivity contribution < 1.29 is 5.21 Å². The summed E-state index contributed by atoms with van der Waals surface area (Å²) in [4.78, 5) is 2.36. The van der Waals surface area contributed by atoms with Crippen LogP contribution in [0.5, 0.6) is 0 Å². The first kappa shape index (κ1) is 13.7. The molecule has 0 unspecified atom stereocenters. The molecule has 1 aromatic carbocycles. The Morgan fingerprint density at radius 1 is 1.32 bits per heavy atom. The molecule has 19 heavy (non-hydrogen) atoms. The van der Waals surface area contributed by atoms with E-state index in [1.165, 1.54) is 37.8 Å². The van der Waals surface area contributed by atoms with Crippen LogP contribution in [0.2, 0.25) is 0 Å². The highest BCUT2D eigenvalue weighted by molar-refractivity contribution is 5.98. The van der Waals surface area contributed by atoms with Gasteiger partial charge >= 0.3 is 0 Å². The third-order valence-corrected chi connectivity index (χ3v) is 4.12. The molecule has 0 aromatic heterocycles. The van der Waals surface area contributed by atoms with Crippen LogP contribution in [0, 0.1) is 6.92 Å².